The van der Waals surface area contributed by atoms with E-state index < -0.39 is 11.9 Å². The number of nitriles is 1. The van der Waals surface area contributed by atoms with Crippen LogP contribution in [-0.4, -0.2) is 15.5 Å². The van der Waals surface area contributed by atoms with Crippen molar-refractivity contribution in [3.05, 3.63) is 47.2 Å². The van der Waals surface area contributed by atoms with Gasteiger partial charge in [-0.25, -0.2) is 4.98 Å². The summed E-state index contributed by atoms with van der Waals surface area (Å²) in [5, 5.41) is 9.41. The van der Waals surface area contributed by atoms with Gasteiger partial charge in [-0.1, -0.05) is 6.08 Å². The van der Waals surface area contributed by atoms with E-state index in [1.54, 1.807) is 16.7 Å². The Labute approximate surface area is 120 Å². The van der Waals surface area contributed by atoms with Crippen molar-refractivity contribution in [3.63, 3.8) is 0 Å². The molecule has 0 spiro atoms. The van der Waals surface area contributed by atoms with Gasteiger partial charge >= 0.3 is 0 Å². The first kappa shape index (κ1) is 13.1. The molecular weight excluding hydrogens is 271 g/mol. The lowest BCUT2D eigenvalue weighted by atomic mass is 10.1. The molecule has 2 N–H and O–H groups in total. The molecule has 0 atom stereocenters. The molecule has 6 heteroatoms. The summed E-state index contributed by atoms with van der Waals surface area (Å²) < 4.78 is 15.8. The maximum atomic E-state index is 14.0. The molecule has 0 radical (unpaired) electrons. The Balaban J connectivity index is 2.41. The number of fused-ring (bicyclic) bond motifs is 1. The smallest absolute Gasteiger partial charge is 0.252 e. The third-order valence-electron chi connectivity index (χ3n) is 3.47. The standard InChI is InChI=1S/C15H11FN4O/c16-14-9(4-3-6-19-14)13-10(8-17)12(15(18)21)11-5-1-2-7-20(11)13/h1,3-6H,2,7H2,(H2,18,21). The van der Waals surface area contributed by atoms with E-state index in [0.29, 0.717) is 17.9 Å². The number of rotatable bonds is 2. The van der Waals surface area contributed by atoms with Crippen LogP contribution in [0.1, 0.15) is 28.0 Å². The summed E-state index contributed by atoms with van der Waals surface area (Å²) in [6, 6.07) is 5.10. The molecule has 0 bridgehead atoms. The monoisotopic (exact) mass is 282 g/mol. The van der Waals surface area contributed by atoms with Crippen LogP contribution >= 0.6 is 0 Å². The highest BCUT2D eigenvalue weighted by Crippen LogP contribution is 2.34. The number of carbonyl (C=O) groups excluding carboxylic acids is 1. The van der Waals surface area contributed by atoms with Gasteiger partial charge in [-0.3, -0.25) is 4.79 Å². The lowest BCUT2D eigenvalue weighted by molar-refractivity contribution is 0.1000. The van der Waals surface area contributed by atoms with E-state index in [0.717, 1.165) is 6.42 Å². The summed E-state index contributed by atoms with van der Waals surface area (Å²) in [6.07, 6.45) is 5.70. The zero-order valence-corrected chi connectivity index (χ0v) is 11.0. The average Bonchev–Trinajstić information content (AvgIpc) is 2.82. The molecule has 0 fully saturated rings. The van der Waals surface area contributed by atoms with E-state index in [9.17, 15) is 14.4 Å². The number of pyridine rings is 1. The minimum Gasteiger partial charge on any atom is -0.365 e. The largest absolute Gasteiger partial charge is 0.365 e. The molecule has 21 heavy (non-hydrogen) atoms. The van der Waals surface area contributed by atoms with Gasteiger partial charge in [0.2, 0.25) is 5.95 Å². The van der Waals surface area contributed by atoms with Crippen LogP contribution in [0.2, 0.25) is 0 Å². The number of nitrogens with zero attached hydrogens (tertiary/aromatic N) is 3. The van der Waals surface area contributed by atoms with Crippen LogP contribution in [0.15, 0.2) is 24.4 Å². The predicted molar refractivity (Wildman–Crippen MR) is 74.5 cm³/mol. The lowest BCUT2D eigenvalue weighted by Gasteiger charge is -2.14. The first-order valence-corrected chi connectivity index (χ1v) is 6.39. The summed E-state index contributed by atoms with van der Waals surface area (Å²) in [4.78, 5) is 15.3. The topological polar surface area (TPSA) is 84.7 Å². The first-order chi connectivity index (χ1) is 10.1. The fraction of sp³-hybridized carbons (Fsp3) is 0.133. The highest BCUT2D eigenvalue weighted by molar-refractivity contribution is 6.01. The van der Waals surface area contributed by atoms with Gasteiger partial charge in [0.05, 0.1) is 28.1 Å². The summed E-state index contributed by atoms with van der Waals surface area (Å²) in [6.45, 7) is 0.553. The Kier molecular flexibility index (Phi) is 3.03. The summed E-state index contributed by atoms with van der Waals surface area (Å²) in [5.41, 5.74) is 6.72. The zero-order chi connectivity index (χ0) is 15.0. The highest BCUT2D eigenvalue weighted by Gasteiger charge is 2.28. The van der Waals surface area contributed by atoms with Gasteiger partial charge < -0.3 is 10.3 Å². The number of primary amides is 1. The molecule has 0 aromatic carbocycles. The molecule has 0 unspecified atom stereocenters. The molecule has 0 saturated carbocycles. The molecule has 104 valence electrons. The fourth-order valence-corrected chi connectivity index (χ4v) is 2.64. The number of halogens is 1. The highest BCUT2D eigenvalue weighted by atomic mass is 19.1. The maximum absolute atomic E-state index is 14.0. The van der Waals surface area contributed by atoms with Crippen LogP contribution in [0, 0.1) is 17.3 Å². The summed E-state index contributed by atoms with van der Waals surface area (Å²) >= 11 is 0. The van der Waals surface area contributed by atoms with Crippen LogP contribution < -0.4 is 5.73 Å². The molecule has 2 aromatic rings. The molecule has 1 aliphatic rings. The SMILES string of the molecule is N#Cc1c(C(N)=O)c2n(c1-c1cccnc1F)CCC=C2. The Morgan fingerprint density at radius 1 is 1.52 bits per heavy atom. The number of nitrogens with two attached hydrogens (primary N) is 1. The van der Waals surface area contributed by atoms with E-state index in [-0.39, 0.29) is 16.7 Å². The third kappa shape index (κ3) is 1.91. The Hall–Kier alpha value is -2.94. The maximum Gasteiger partial charge on any atom is 0.252 e. The predicted octanol–water partition coefficient (Wildman–Crippen LogP) is 2.08. The van der Waals surface area contributed by atoms with Gasteiger partial charge in [0.25, 0.3) is 5.91 Å². The minimum atomic E-state index is -0.697. The van der Waals surface area contributed by atoms with Crippen molar-refractivity contribution < 1.29 is 9.18 Å². The fourth-order valence-electron chi connectivity index (χ4n) is 2.64. The number of amides is 1. The van der Waals surface area contributed by atoms with Gasteiger partial charge in [0.1, 0.15) is 6.07 Å². The van der Waals surface area contributed by atoms with Crippen molar-refractivity contribution in [2.75, 3.05) is 0 Å². The van der Waals surface area contributed by atoms with E-state index >= 15 is 0 Å². The van der Waals surface area contributed by atoms with Gasteiger partial charge in [-0.15, -0.1) is 0 Å². The second-order valence-corrected chi connectivity index (χ2v) is 4.64. The number of hydrogen-bond donors (Lipinski definition) is 1. The molecule has 2 aromatic heterocycles. The summed E-state index contributed by atoms with van der Waals surface area (Å²) in [5.74, 6) is -1.38. The molecule has 3 rings (SSSR count). The summed E-state index contributed by atoms with van der Waals surface area (Å²) in [7, 11) is 0. The molecule has 5 nitrogen and oxygen atoms in total. The Morgan fingerprint density at radius 2 is 2.33 bits per heavy atom. The number of allylic oxidation sites excluding steroid dienone is 1. The van der Waals surface area contributed by atoms with Gasteiger partial charge in [0.15, 0.2) is 0 Å². The van der Waals surface area contributed by atoms with Crippen molar-refractivity contribution in [1.29, 1.82) is 5.26 Å². The van der Waals surface area contributed by atoms with Crippen LogP contribution in [0.4, 0.5) is 4.39 Å². The van der Waals surface area contributed by atoms with E-state index in [2.05, 4.69) is 4.98 Å². The average molecular weight is 282 g/mol. The number of aromatic nitrogens is 2. The number of hydrogen-bond acceptors (Lipinski definition) is 3. The van der Waals surface area contributed by atoms with Crippen molar-refractivity contribution in [3.8, 4) is 17.3 Å². The Morgan fingerprint density at radius 3 is 3.00 bits per heavy atom. The first-order valence-electron chi connectivity index (χ1n) is 6.39. The van der Waals surface area contributed by atoms with E-state index in [1.807, 2.05) is 12.1 Å². The second kappa shape index (κ2) is 4.87. The molecule has 0 saturated heterocycles. The van der Waals surface area contributed by atoms with Crippen LogP contribution in [-0.2, 0) is 6.54 Å². The zero-order valence-electron chi connectivity index (χ0n) is 11.0. The van der Waals surface area contributed by atoms with Gasteiger partial charge in [-0.2, -0.15) is 9.65 Å². The van der Waals surface area contributed by atoms with Crippen LogP contribution in [0.3, 0.4) is 0 Å². The number of carbonyl (C=O) groups is 1. The van der Waals surface area contributed by atoms with Crippen molar-refractivity contribution in [1.82, 2.24) is 9.55 Å². The normalized spacial score (nSPS) is 12.8. The van der Waals surface area contributed by atoms with E-state index in [1.165, 1.54) is 12.3 Å². The van der Waals surface area contributed by atoms with Gasteiger partial charge in [0, 0.05) is 12.7 Å². The van der Waals surface area contributed by atoms with E-state index in [4.69, 9.17) is 5.73 Å². The van der Waals surface area contributed by atoms with Crippen LogP contribution in [0.5, 0.6) is 0 Å². The third-order valence-corrected chi connectivity index (χ3v) is 3.47. The van der Waals surface area contributed by atoms with Crippen molar-refractivity contribution in [2.45, 2.75) is 13.0 Å². The Bertz CT molecular complexity index is 814. The van der Waals surface area contributed by atoms with Crippen molar-refractivity contribution in [2.24, 2.45) is 5.73 Å². The molecular formula is C15H11FN4O. The second-order valence-electron chi connectivity index (χ2n) is 4.64. The lowest BCUT2D eigenvalue weighted by Crippen LogP contribution is -2.14. The molecule has 0 aliphatic carbocycles. The minimum absolute atomic E-state index is 0.0935. The molecule has 1 aliphatic heterocycles. The van der Waals surface area contributed by atoms with Crippen molar-refractivity contribution >= 4 is 12.0 Å². The van der Waals surface area contributed by atoms with Crippen LogP contribution in [0.25, 0.3) is 17.3 Å². The molecule has 1 amide bonds. The molecule has 3 heterocycles. The quantitative estimate of drug-likeness (QED) is 0.856. The van der Waals surface area contributed by atoms with Gasteiger partial charge in [-0.05, 0) is 24.6 Å².